The number of carboxylic acids is 1. The van der Waals surface area contributed by atoms with Crippen molar-refractivity contribution in [2.24, 2.45) is 0 Å². The number of hydrogen-bond acceptors (Lipinski definition) is 3. The zero-order chi connectivity index (χ0) is 14.5. The molecule has 6 heteroatoms. The predicted molar refractivity (Wildman–Crippen MR) is 71.6 cm³/mol. The van der Waals surface area contributed by atoms with Gasteiger partial charge in [-0.1, -0.05) is 13.0 Å². The van der Waals surface area contributed by atoms with Crippen LogP contribution in [0.1, 0.15) is 38.5 Å². The van der Waals surface area contributed by atoms with Crippen molar-refractivity contribution >= 4 is 17.8 Å². The minimum Gasteiger partial charge on any atom is -0.481 e. The van der Waals surface area contributed by atoms with Gasteiger partial charge in [0.2, 0.25) is 11.8 Å². The molecule has 0 atom stereocenters. The number of carbonyl (C=O) groups is 3. The van der Waals surface area contributed by atoms with Crippen LogP contribution in [0.15, 0.2) is 12.7 Å². The van der Waals surface area contributed by atoms with E-state index in [1.165, 1.54) is 6.08 Å². The van der Waals surface area contributed by atoms with Gasteiger partial charge in [0.05, 0.1) is 0 Å². The molecular formula is C13H22N2O4. The molecule has 0 radical (unpaired) electrons. The van der Waals surface area contributed by atoms with Crippen LogP contribution in [0, 0.1) is 0 Å². The Hall–Kier alpha value is -1.85. The van der Waals surface area contributed by atoms with Gasteiger partial charge in [-0.25, -0.2) is 0 Å². The summed E-state index contributed by atoms with van der Waals surface area (Å²) >= 11 is 0. The summed E-state index contributed by atoms with van der Waals surface area (Å²) < 4.78 is 0. The minimum atomic E-state index is -0.800. The number of rotatable bonds is 11. The molecule has 6 nitrogen and oxygen atoms in total. The van der Waals surface area contributed by atoms with Crippen molar-refractivity contribution in [1.29, 1.82) is 0 Å². The summed E-state index contributed by atoms with van der Waals surface area (Å²) in [6, 6.07) is 0. The standard InChI is InChI=1S/C13H22N2O4/c1-2-11(16)14-9-6-10-15-12(17)7-4-3-5-8-13(18)19/h2H,1,3-10H2,(H,14,16)(H,15,17)(H,18,19). The maximum absolute atomic E-state index is 11.4. The van der Waals surface area contributed by atoms with Gasteiger partial charge >= 0.3 is 5.97 Å². The maximum atomic E-state index is 11.4. The molecule has 0 saturated carbocycles. The lowest BCUT2D eigenvalue weighted by molar-refractivity contribution is -0.137. The van der Waals surface area contributed by atoms with Gasteiger partial charge < -0.3 is 15.7 Å². The normalized spacial score (nSPS) is 9.68. The molecule has 0 spiro atoms. The lowest BCUT2D eigenvalue weighted by Crippen LogP contribution is -2.28. The van der Waals surface area contributed by atoms with E-state index in [1.807, 2.05) is 0 Å². The summed E-state index contributed by atoms with van der Waals surface area (Å²) in [5.41, 5.74) is 0. The SMILES string of the molecule is C=CC(=O)NCCCNC(=O)CCCCCC(=O)O. The molecule has 0 saturated heterocycles. The van der Waals surface area contributed by atoms with Gasteiger partial charge in [0.1, 0.15) is 0 Å². The van der Waals surface area contributed by atoms with Crippen molar-refractivity contribution in [2.75, 3.05) is 13.1 Å². The van der Waals surface area contributed by atoms with E-state index in [9.17, 15) is 14.4 Å². The van der Waals surface area contributed by atoms with Crippen LogP contribution >= 0.6 is 0 Å². The van der Waals surface area contributed by atoms with Gasteiger partial charge in [-0.05, 0) is 25.3 Å². The summed E-state index contributed by atoms with van der Waals surface area (Å²) in [6.45, 7) is 4.35. The molecule has 0 aliphatic carbocycles. The molecular weight excluding hydrogens is 248 g/mol. The third kappa shape index (κ3) is 12.4. The van der Waals surface area contributed by atoms with E-state index in [4.69, 9.17) is 5.11 Å². The van der Waals surface area contributed by atoms with Crippen LogP contribution in [0.25, 0.3) is 0 Å². The Balaban J connectivity index is 3.32. The minimum absolute atomic E-state index is 0.0367. The average molecular weight is 270 g/mol. The lowest BCUT2D eigenvalue weighted by atomic mass is 10.1. The second-order valence-corrected chi connectivity index (χ2v) is 4.15. The molecule has 0 rings (SSSR count). The molecule has 0 aromatic carbocycles. The molecule has 0 aliphatic heterocycles. The molecule has 19 heavy (non-hydrogen) atoms. The topological polar surface area (TPSA) is 95.5 Å². The van der Waals surface area contributed by atoms with E-state index in [2.05, 4.69) is 17.2 Å². The molecule has 0 aromatic rings. The first-order valence-corrected chi connectivity index (χ1v) is 6.45. The Labute approximate surface area is 113 Å². The van der Waals surface area contributed by atoms with Crippen LogP contribution in [0.5, 0.6) is 0 Å². The molecule has 3 N–H and O–H groups in total. The highest BCUT2D eigenvalue weighted by atomic mass is 16.4. The molecule has 2 amide bonds. The third-order valence-corrected chi connectivity index (χ3v) is 2.45. The summed E-state index contributed by atoms with van der Waals surface area (Å²) in [4.78, 5) is 32.4. The van der Waals surface area contributed by atoms with E-state index in [0.717, 1.165) is 6.42 Å². The van der Waals surface area contributed by atoms with Crippen molar-refractivity contribution in [1.82, 2.24) is 10.6 Å². The summed E-state index contributed by atoms with van der Waals surface area (Å²) in [6.07, 6.45) is 4.50. The van der Waals surface area contributed by atoms with Crippen molar-refractivity contribution in [2.45, 2.75) is 38.5 Å². The van der Waals surface area contributed by atoms with E-state index < -0.39 is 5.97 Å². The van der Waals surface area contributed by atoms with Gasteiger partial charge in [-0.3, -0.25) is 14.4 Å². The highest BCUT2D eigenvalue weighted by Gasteiger charge is 2.02. The molecule has 0 aliphatic rings. The second kappa shape index (κ2) is 11.3. The average Bonchev–Trinajstić information content (AvgIpc) is 2.37. The Bertz CT molecular complexity index is 316. The van der Waals surface area contributed by atoms with E-state index in [-0.39, 0.29) is 18.2 Å². The first kappa shape index (κ1) is 17.2. The largest absolute Gasteiger partial charge is 0.481 e. The molecule has 108 valence electrons. The summed E-state index contributed by atoms with van der Waals surface area (Å²) in [5.74, 6) is -1.05. The zero-order valence-corrected chi connectivity index (χ0v) is 11.1. The first-order chi connectivity index (χ1) is 9.06. The number of carbonyl (C=O) groups excluding carboxylic acids is 2. The highest BCUT2D eigenvalue weighted by Crippen LogP contribution is 2.02. The van der Waals surface area contributed by atoms with Crippen molar-refractivity contribution in [3.05, 3.63) is 12.7 Å². The second-order valence-electron chi connectivity index (χ2n) is 4.15. The molecule has 0 fully saturated rings. The van der Waals surface area contributed by atoms with Crippen LogP contribution in [0.3, 0.4) is 0 Å². The van der Waals surface area contributed by atoms with Gasteiger partial charge in [-0.2, -0.15) is 0 Å². The number of aliphatic carboxylic acids is 1. The summed E-state index contributed by atoms with van der Waals surface area (Å²) in [7, 11) is 0. The highest BCUT2D eigenvalue weighted by molar-refractivity contribution is 5.86. The summed E-state index contributed by atoms with van der Waals surface area (Å²) in [5, 5.41) is 13.8. The number of nitrogens with one attached hydrogen (secondary N) is 2. The van der Waals surface area contributed by atoms with Crippen molar-refractivity contribution < 1.29 is 19.5 Å². The van der Waals surface area contributed by atoms with Crippen molar-refractivity contribution in [3.8, 4) is 0 Å². The third-order valence-electron chi connectivity index (χ3n) is 2.45. The lowest BCUT2D eigenvalue weighted by Gasteiger charge is -2.05. The predicted octanol–water partition coefficient (Wildman–Crippen LogP) is 0.830. The fourth-order valence-corrected chi connectivity index (χ4v) is 1.43. The van der Waals surface area contributed by atoms with Gasteiger partial charge in [0, 0.05) is 25.9 Å². The van der Waals surface area contributed by atoms with Gasteiger partial charge in [-0.15, -0.1) is 0 Å². The fraction of sp³-hybridized carbons (Fsp3) is 0.615. The Kier molecular flexibility index (Phi) is 10.2. The monoisotopic (exact) mass is 270 g/mol. The number of carboxylic acid groups (broad SMARTS) is 1. The molecule has 0 unspecified atom stereocenters. The van der Waals surface area contributed by atoms with Crippen LogP contribution in [0.2, 0.25) is 0 Å². The molecule has 0 heterocycles. The number of amides is 2. The first-order valence-electron chi connectivity index (χ1n) is 6.45. The van der Waals surface area contributed by atoms with Crippen LogP contribution in [-0.4, -0.2) is 36.0 Å². The van der Waals surface area contributed by atoms with Gasteiger partial charge in [0.15, 0.2) is 0 Å². The number of hydrogen-bond donors (Lipinski definition) is 3. The smallest absolute Gasteiger partial charge is 0.303 e. The van der Waals surface area contributed by atoms with E-state index in [0.29, 0.717) is 38.8 Å². The van der Waals surface area contributed by atoms with E-state index >= 15 is 0 Å². The molecule has 0 aromatic heterocycles. The zero-order valence-electron chi connectivity index (χ0n) is 11.1. The van der Waals surface area contributed by atoms with Gasteiger partial charge in [0.25, 0.3) is 0 Å². The quantitative estimate of drug-likeness (QED) is 0.383. The van der Waals surface area contributed by atoms with Crippen LogP contribution < -0.4 is 10.6 Å². The van der Waals surface area contributed by atoms with Crippen LogP contribution in [-0.2, 0) is 14.4 Å². The number of unbranched alkanes of at least 4 members (excludes halogenated alkanes) is 2. The Morgan fingerprint density at radius 3 is 2.21 bits per heavy atom. The maximum Gasteiger partial charge on any atom is 0.303 e. The Morgan fingerprint density at radius 2 is 1.58 bits per heavy atom. The van der Waals surface area contributed by atoms with Crippen LogP contribution in [0.4, 0.5) is 0 Å². The fourth-order valence-electron chi connectivity index (χ4n) is 1.43. The van der Waals surface area contributed by atoms with E-state index in [1.54, 1.807) is 0 Å². The Morgan fingerprint density at radius 1 is 0.947 bits per heavy atom. The van der Waals surface area contributed by atoms with Crippen molar-refractivity contribution in [3.63, 3.8) is 0 Å². The molecule has 0 bridgehead atoms.